The van der Waals surface area contributed by atoms with Crippen LogP contribution in [0.1, 0.15) is 52.4 Å². The standard InChI is InChI=1S/C14H27NO2/c1-11(2)12-6-4-7-13(10-12)15-9-5-8-14(16)17-3/h11-13,15H,4-10H2,1-3H3. The van der Waals surface area contributed by atoms with Crippen molar-refractivity contribution in [3.8, 4) is 0 Å². The molecule has 0 aromatic rings. The van der Waals surface area contributed by atoms with Crippen LogP contribution in [-0.4, -0.2) is 25.7 Å². The van der Waals surface area contributed by atoms with Gasteiger partial charge in [0, 0.05) is 12.5 Å². The molecular weight excluding hydrogens is 214 g/mol. The Labute approximate surface area is 105 Å². The predicted octanol–water partition coefficient (Wildman–Crippen LogP) is 2.74. The Morgan fingerprint density at radius 1 is 1.41 bits per heavy atom. The van der Waals surface area contributed by atoms with E-state index in [0.717, 1.165) is 24.8 Å². The summed E-state index contributed by atoms with van der Waals surface area (Å²) < 4.78 is 4.62. The van der Waals surface area contributed by atoms with Crippen LogP contribution < -0.4 is 5.32 Å². The largest absolute Gasteiger partial charge is 0.469 e. The molecular formula is C14H27NO2. The second-order valence-electron chi connectivity index (χ2n) is 5.50. The fraction of sp³-hybridized carbons (Fsp3) is 0.929. The molecule has 0 radical (unpaired) electrons. The molecule has 1 rings (SSSR count). The van der Waals surface area contributed by atoms with Crippen molar-refractivity contribution in [2.75, 3.05) is 13.7 Å². The van der Waals surface area contributed by atoms with Crippen molar-refractivity contribution >= 4 is 5.97 Å². The highest BCUT2D eigenvalue weighted by Gasteiger charge is 2.23. The van der Waals surface area contributed by atoms with Crippen molar-refractivity contribution in [2.45, 2.75) is 58.4 Å². The first-order chi connectivity index (χ1) is 8.13. The van der Waals surface area contributed by atoms with Gasteiger partial charge in [-0.05, 0) is 37.6 Å². The van der Waals surface area contributed by atoms with E-state index in [2.05, 4.69) is 23.9 Å². The van der Waals surface area contributed by atoms with Gasteiger partial charge in [0.15, 0.2) is 0 Å². The predicted molar refractivity (Wildman–Crippen MR) is 69.8 cm³/mol. The molecule has 1 aliphatic rings. The number of esters is 1. The molecule has 0 aliphatic heterocycles. The van der Waals surface area contributed by atoms with Gasteiger partial charge in [-0.15, -0.1) is 0 Å². The topological polar surface area (TPSA) is 38.3 Å². The van der Waals surface area contributed by atoms with Crippen LogP contribution in [0.25, 0.3) is 0 Å². The average molecular weight is 241 g/mol. The molecule has 0 heterocycles. The van der Waals surface area contributed by atoms with E-state index in [0.29, 0.717) is 12.5 Å². The summed E-state index contributed by atoms with van der Waals surface area (Å²) in [6.45, 7) is 5.58. The lowest BCUT2D eigenvalue weighted by Crippen LogP contribution is -2.36. The quantitative estimate of drug-likeness (QED) is 0.574. The molecule has 0 bridgehead atoms. The van der Waals surface area contributed by atoms with Crippen molar-refractivity contribution < 1.29 is 9.53 Å². The van der Waals surface area contributed by atoms with E-state index in [-0.39, 0.29) is 5.97 Å². The summed E-state index contributed by atoms with van der Waals surface area (Å²) >= 11 is 0. The van der Waals surface area contributed by atoms with E-state index in [1.165, 1.54) is 32.8 Å². The van der Waals surface area contributed by atoms with E-state index in [4.69, 9.17) is 0 Å². The molecule has 0 aromatic carbocycles. The monoisotopic (exact) mass is 241 g/mol. The summed E-state index contributed by atoms with van der Waals surface area (Å²) in [4.78, 5) is 11.0. The lowest BCUT2D eigenvalue weighted by molar-refractivity contribution is -0.140. The number of ether oxygens (including phenoxy) is 1. The Morgan fingerprint density at radius 2 is 2.18 bits per heavy atom. The molecule has 1 fully saturated rings. The zero-order valence-electron chi connectivity index (χ0n) is 11.5. The molecule has 0 aromatic heterocycles. The molecule has 2 atom stereocenters. The summed E-state index contributed by atoms with van der Waals surface area (Å²) in [6, 6.07) is 0.661. The summed E-state index contributed by atoms with van der Waals surface area (Å²) in [5, 5.41) is 3.58. The highest BCUT2D eigenvalue weighted by atomic mass is 16.5. The molecule has 0 saturated heterocycles. The summed E-state index contributed by atoms with van der Waals surface area (Å²) in [6.07, 6.45) is 6.74. The molecule has 1 aliphatic carbocycles. The van der Waals surface area contributed by atoms with Crippen molar-refractivity contribution in [2.24, 2.45) is 11.8 Å². The maximum Gasteiger partial charge on any atom is 0.305 e. The molecule has 3 heteroatoms. The van der Waals surface area contributed by atoms with Gasteiger partial charge in [0.2, 0.25) is 0 Å². The highest BCUT2D eigenvalue weighted by Crippen LogP contribution is 2.29. The third-order valence-corrected chi connectivity index (χ3v) is 3.88. The second-order valence-corrected chi connectivity index (χ2v) is 5.50. The van der Waals surface area contributed by atoms with Crippen LogP contribution in [0.15, 0.2) is 0 Å². The maximum absolute atomic E-state index is 11.0. The van der Waals surface area contributed by atoms with Gasteiger partial charge in [-0.25, -0.2) is 0 Å². The minimum absolute atomic E-state index is 0.101. The first-order valence-corrected chi connectivity index (χ1v) is 6.93. The molecule has 0 spiro atoms. The van der Waals surface area contributed by atoms with Crippen LogP contribution in [0.5, 0.6) is 0 Å². The van der Waals surface area contributed by atoms with E-state index in [1.807, 2.05) is 0 Å². The third kappa shape index (κ3) is 5.53. The third-order valence-electron chi connectivity index (χ3n) is 3.88. The van der Waals surface area contributed by atoms with Gasteiger partial charge < -0.3 is 10.1 Å². The minimum atomic E-state index is -0.101. The van der Waals surface area contributed by atoms with Gasteiger partial charge >= 0.3 is 5.97 Å². The number of carbonyl (C=O) groups is 1. The van der Waals surface area contributed by atoms with Crippen LogP contribution in [0, 0.1) is 11.8 Å². The molecule has 100 valence electrons. The first-order valence-electron chi connectivity index (χ1n) is 6.93. The molecule has 1 N–H and O–H groups in total. The number of hydrogen-bond acceptors (Lipinski definition) is 3. The molecule has 3 nitrogen and oxygen atoms in total. The molecule has 0 amide bonds. The molecule has 2 unspecified atom stereocenters. The summed E-state index contributed by atoms with van der Waals surface area (Å²) in [5.74, 6) is 1.58. The summed E-state index contributed by atoms with van der Waals surface area (Å²) in [7, 11) is 1.45. The number of methoxy groups -OCH3 is 1. The zero-order valence-corrected chi connectivity index (χ0v) is 11.5. The normalized spacial score (nSPS) is 24.9. The van der Waals surface area contributed by atoms with Gasteiger partial charge in [0.1, 0.15) is 0 Å². The van der Waals surface area contributed by atoms with Crippen molar-refractivity contribution in [1.29, 1.82) is 0 Å². The van der Waals surface area contributed by atoms with E-state index in [9.17, 15) is 4.79 Å². The van der Waals surface area contributed by atoms with E-state index < -0.39 is 0 Å². The maximum atomic E-state index is 11.0. The fourth-order valence-corrected chi connectivity index (χ4v) is 2.66. The van der Waals surface area contributed by atoms with Crippen molar-refractivity contribution in [1.82, 2.24) is 5.32 Å². The molecule has 1 saturated carbocycles. The first kappa shape index (κ1) is 14.5. The number of nitrogens with one attached hydrogen (secondary N) is 1. The number of carbonyl (C=O) groups excluding carboxylic acids is 1. The van der Waals surface area contributed by atoms with Gasteiger partial charge in [0.05, 0.1) is 7.11 Å². The number of rotatable bonds is 6. The zero-order chi connectivity index (χ0) is 12.7. The summed E-state index contributed by atoms with van der Waals surface area (Å²) in [5.41, 5.74) is 0. The lowest BCUT2D eigenvalue weighted by Gasteiger charge is -2.32. The molecule has 17 heavy (non-hydrogen) atoms. The minimum Gasteiger partial charge on any atom is -0.469 e. The highest BCUT2D eigenvalue weighted by molar-refractivity contribution is 5.69. The Bertz CT molecular complexity index is 228. The van der Waals surface area contributed by atoms with Crippen LogP contribution in [-0.2, 0) is 9.53 Å². The van der Waals surface area contributed by atoms with Gasteiger partial charge in [-0.3, -0.25) is 4.79 Å². The van der Waals surface area contributed by atoms with Crippen molar-refractivity contribution in [3.05, 3.63) is 0 Å². The Kier molecular flexibility index (Phi) is 6.56. The van der Waals surface area contributed by atoms with Gasteiger partial charge in [-0.1, -0.05) is 26.7 Å². The Morgan fingerprint density at radius 3 is 2.82 bits per heavy atom. The Hall–Kier alpha value is -0.570. The number of hydrogen-bond donors (Lipinski definition) is 1. The lowest BCUT2D eigenvalue weighted by atomic mass is 9.79. The second kappa shape index (κ2) is 7.70. The van der Waals surface area contributed by atoms with Crippen molar-refractivity contribution in [3.63, 3.8) is 0 Å². The SMILES string of the molecule is COC(=O)CCCNC1CCCC(C(C)C)C1. The Balaban J connectivity index is 2.12. The van der Waals surface area contributed by atoms with E-state index >= 15 is 0 Å². The van der Waals surface area contributed by atoms with Crippen LogP contribution in [0.4, 0.5) is 0 Å². The van der Waals surface area contributed by atoms with Crippen LogP contribution in [0.3, 0.4) is 0 Å². The van der Waals surface area contributed by atoms with E-state index in [1.54, 1.807) is 0 Å². The van der Waals surface area contributed by atoms with Gasteiger partial charge in [-0.2, -0.15) is 0 Å². The smallest absolute Gasteiger partial charge is 0.305 e. The average Bonchev–Trinajstić information content (AvgIpc) is 2.34. The fourth-order valence-electron chi connectivity index (χ4n) is 2.66. The van der Waals surface area contributed by atoms with Crippen LogP contribution in [0.2, 0.25) is 0 Å². The van der Waals surface area contributed by atoms with Crippen LogP contribution >= 0.6 is 0 Å². The van der Waals surface area contributed by atoms with Gasteiger partial charge in [0.25, 0.3) is 0 Å².